The number of rotatable bonds is 8. The summed E-state index contributed by atoms with van der Waals surface area (Å²) in [7, 11) is 0.650. The Kier molecular flexibility index (Phi) is 7.98. The van der Waals surface area contributed by atoms with Crippen LogP contribution in [0.4, 0.5) is 0 Å². The number of allylic oxidation sites excluding steroid dienone is 1. The smallest absolute Gasteiger partial charge is 0.455 e. The molecule has 0 saturated carbocycles. The second-order valence-electron chi connectivity index (χ2n) is 10.7. The maximum Gasteiger partial charge on any atom is 0.455 e. The molecule has 4 atom stereocenters. The first-order valence-corrected chi connectivity index (χ1v) is 13.6. The van der Waals surface area contributed by atoms with Crippen molar-refractivity contribution in [2.75, 3.05) is 13.7 Å². The molecule has 1 fully saturated rings. The second-order valence-corrected chi connectivity index (χ2v) is 10.7. The van der Waals surface area contributed by atoms with Crippen LogP contribution in [0.15, 0.2) is 65.3 Å². The van der Waals surface area contributed by atoms with Gasteiger partial charge >= 0.3 is 7.12 Å². The minimum absolute atomic E-state index is 0.00378. The number of aromatic hydroxyl groups is 1. The summed E-state index contributed by atoms with van der Waals surface area (Å²) in [5.74, 6) is -0.938. The standard InChI is InChI=1S/C31H35BO6/c1-3-6-19(15-20-9-12-22(33)13-10-20)11-14-27-28-21(18-37-2)16-25-29(26(28)17-32(36)38-27)31(35)24-8-5-4-7-23(24)30(25)34/h4-5,7-10,12-13,15,25-27,29,33,36H,3,6,11,14,16-18H2,1-2H3/b19-15+/t25-,26+,27-,29-/m1/s1. The van der Waals surface area contributed by atoms with Crippen LogP contribution in [-0.4, -0.2) is 48.6 Å². The van der Waals surface area contributed by atoms with Crippen molar-refractivity contribution in [2.24, 2.45) is 17.8 Å². The van der Waals surface area contributed by atoms with E-state index in [1.165, 1.54) is 5.57 Å². The number of ether oxygens (including phenoxy) is 1. The maximum absolute atomic E-state index is 13.8. The molecule has 0 spiro atoms. The van der Waals surface area contributed by atoms with E-state index < -0.39 is 19.0 Å². The van der Waals surface area contributed by atoms with E-state index in [1.54, 1.807) is 43.5 Å². The van der Waals surface area contributed by atoms with Crippen LogP contribution in [0.2, 0.25) is 6.32 Å². The molecule has 1 saturated heterocycles. The Bertz CT molecular complexity index is 1260. The van der Waals surface area contributed by atoms with Crippen molar-refractivity contribution < 1.29 is 29.1 Å². The SMILES string of the molecule is CCC/C(=C\c1ccc(O)cc1)CC[C@H]1OB(O)C[C@H]2C1=C(COC)C[C@H]1C(=O)c3ccccc3C(=O)[C@H]12. The Morgan fingerprint density at radius 3 is 2.45 bits per heavy atom. The molecule has 2 aromatic rings. The van der Waals surface area contributed by atoms with Crippen molar-refractivity contribution in [3.05, 3.63) is 81.9 Å². The maximum atomic E-state index is 13.8. The van der Waals surface area contributed by atoms with Gasteiger partial charge in [0.25, 0.3) is 0 Å². The Labute approximate surface area is 224 Å². The third-order valence-electron chi connectivity index (χ3n) is 8.24. The number of hydrogen-bond donors (Lipinski definition) is 2. The molecule has 5 rings (SSSR count). The predicted molar refractivity (Wildman–Crippen MR) is 147 cm³/mol. The number of methoxy groups -OCH3 is 1. The van der Waals surface area contributed by atoms with Gasteiger partial charge in [0.1, 0.15) is 5.75 Å². The number of phenols is 1. The van der Waals surface area contributed by atoms with Crippen molar-refractivity contribution in [3.63, 3.8) is 0 Å². The normalized spacial score (nSPS) is 25.2. The van der Waals surface area contributed by atoms with Gasteiger partial charge in [-0.15, -0.1) is 0 Å². The van der Waals surface area contributed by atoms with Gasteiger partial charge in [0, 0.05) is 30.1 Å². The van der Waals surface area contributed by atoms with Gasteiger partial charge in [0.2, 0.25) is 0 Å². The quantitative estimate of drug-likeness (QED) is 0.357. The minimum atomic E-state index is -0.993. The number of benzene rings is 2. The Balaban J connectivity index is 1.46. The van der Waals surface area contributed by atoms with Crippen molar-refractivity contribution >= 4 is 24.8 Å². The van der Waals surface area contributed by atoms with E-state index >= 15 is 0 Å². The number of ketones is 2. The lowest BCUT2D eigenvalue weighted by molar-refractivity contribution is 0.0584. The van der Waals surface area contributed by atoms with E-state index in [0.717, 1.165) is 36.0 Å². The van der Waals surface area contributed by atoms with Crippen LogP contribution < -0.4 is 0 Å². The number of fused-ring (bicyclic) bond motifs is 4. The Morgan fingerprint density at radius 2 is 1.76 bits per heavy atom. The fourth-order valence-electron chi connectivity index (χ4n) is 6.69. The van der Waals surface area contributed by atoms with Gasteiger partial charge in [-0.25, -0.2) is 0 Å². The highest BCUT2D eigenvalue weighted by atomic mass is 16.5. The summed E-state index contributed by atoms with van der Waals surface area (Å²) in [5, 5.41) is 20.4. The van der Waals surface area contributed by atoms with E-state index in [0.29, 0.717) is 36.9 Å². The first kappa shape index (κ1) is 26.6. The summed E-state index contributed by atoms with van der Waals surface area (Å²) in [4.78, 5) is 27.3. The average Bonchev–Trinajstić information content (AvgIpc) is 2.91. The van der Waals surface area contributed by atoms with Gasteiger partial charge < -0.3 is 19.5 Å². The lowest BCUT2D eigenvalue weighted by Crippen LogP contribution is -2.51. The fourth-order valence-corrected chi connectivity index (χ4v) is 6.69. The summed E-state index contributed by atoms with van der Waals surface area (Å²) in [6.07, 6.45) is 5.94. The van der Waals surface area contributed by atoms with E-state index in [9.17, 15) is 19.7 Å². The average molecular weight is 514 g/mol. The van der Waals surface area contributed by atoms with Gasteiger partial charge in [-0.2, -0.15) is 0 Å². The first-order chi connectivity index (χ1) is 18.4. The third kappa shape index (κ3) is 5.15. The van der Waals surface area contributed by atoms with Crippen LogP contribution >= 0.6 is 0 Å². The predicted octanol–water partition coefficient (Wildman–Crippen LogP) is 5.51. The minimum Gasteiger partial charge on any atom is -0.508 e. The van der Waals surface area contributed by atoms with E-state index in [1.807, 2.05) is 12.1 Å². The topological polar surface area (TPSA) is 93.1 Å². The summed E-state index contributed by atoms with van der Waals surface area (Å²) in [6, 6.07) is 14.3. The van der Waals surface area contributed by atoms with Crippen LogP contribution in [0.5, 0.6) is 5.75 Å². The molecular formula is C31H35BO6. The van der Waals surface area contributed by atoms with E-state index in [2.05, 4.69) is 13.0 Å². The molecule has 198 valence electrons. The van der Waals surface area contributed by atoms with Crippen LogP contribution in [0.25, 0.3) is 6.08 Å². The van der Waals surface area contributed by atoms with E-state index in [-0.39, 0.29) is 29.3 Å². The molecule has 0 amide bonds. The highest BCUT2D eigenvalue weighted by molar-refractivity contribution is 6.43. The fraction of sp³-hybridized carbons (Fsp3) is 0.419. The third-order valence-corrected chi connectivity index (χ3v) is 8.24. The molecule has 6 nitrogen and oxygen atoms in total. The zero-order chi connectivity index (χ0) is 26.8. The molecule has 0 radical (unpaired) electrons. The number of hydrogen-bond acceptors (Lipinski definition) is 6. The second kappa shape index (κ2) is 11.4. The van der Waals surface area contributed by atoms with Crippen LogP contribution in [0, 0.1) is 17.8 Å². The molecule has 7 heteroatoms. The van der Waals surface area contributed by atoms with E-state index in [4.69, 9.17) is 9.39 Å². The van der Waals surface area contributed by atoms with Crippen molar-refractivity contribution in [1.29, 1.82) is 0 Å². The zero-order valence-corrected chi connectivity index (χ0v) is 22.1. The molecule has 0 unspecified atom stereocenters. The van der Waals surface area contributed by atoms with Crippen molar-refractivity contribution in [3.8, 4) is 5.75 Å². The van der Waals surface area contributed by atoms with Gasteiger partial charge in [0.05, 0.1) is 12.7 Å². The van der Waals surface area contributed by atoms with Crippen molar-refractivity contribution in [2.45, 2.75) is 51.5 Å². The largest absolute Gasteiger partial charge is 0.508 e. The summed E-state index contributed by atoms with van der Waals surface area (Å²) in [6.45, 7) is 2.52. The lowest BCUT2D eigenvalue weighted by Gasteiger charge is -2.47. The number of carbonyl (C=O) groups excluding carboxylic acids is 2. The monoisotopic (exact) mass is 514 g/mol. The molecule has 2 aliphatic carbocycles. The molecule has 0 bridgehead atoms. The number of Topliss-reactive ketones (excluding diaryl/α,β-unsaturated/α-hetero) is 2. The summed E-state index contributed by atoms with van der Waals surface area (Å²) < 4.78 is 11.7. The molecule has 1 aliphatic heterocycles. The van der Waals surface area contributed by atoms with Crippen LogP contribution in [0.1, 0.15) is 65.3 Å². The zero-order valence-electron chi connectivity index (χ0n) is 22.1. The molecule has 2 N–H and O–H groups in total. The molecule has 3 aliphatic rings. The molecule has 0 aromatic heterocycles. The van der Waals surface area contributed by atoms with Gasteiger partial charge in [0.15, 0.2) is 11.6 Å². The first-order valence-electron chi connectivity index (χ1n) is 13.6. The highest BCUT2D eigenvalue weighted by Crippen LogP contribution is 2.51. The Morgan fingerprint density at radius 1 is 1.05 bits per heavy atom. The van der Waals surface area contributed by atoms with Gasteiger partial charge in [-0.05, 0) is 66.8 Å². The van der Waals surface area contributed by atoms with Crippen molar-refractivity contribution in [1.82, 2.24) is 0 Å². The molecule has 38 heavy (non-hydrogen) atoms. The summed E-state index contributed by atoms with van der Waals surface area (Å²) >= 11 is 0. The van der Waals surface area contributed by atoms with Crippen LogP contribution in [0.3, 0.4) is 0 Å². The molecule has 1 heterocycles. The number of phenolic OH excluding ortho intramolecular Hbond substituents is 1. The Hall–Kier alpha value is -3.00. The van der Waals surface area contributed by atoms with Crippen LogP contribution in [-0.2, 0) is 9.39 Å². The van der Waals surface area contributed by atoms with Gasteiger partial charge in [-0.3, -0.25) is 9.59 Å². The number of carbonyl (C=O) groups is 2. The summed E-state index contributed by atoms with van der Waals surface area (Å²) in [5.41, 5.74) is 5.35. The van der Waals surface area contributed by atoms with Gasteiger partial charge in [-0.1, -0.05) is 61.4 Å². The lowest BCUT2D eigenvalue weighted by atomic mass is 9.54. The highest BCUT2D eigenvalue weighted by Gasteiger charge is 2.53. The molecular weight excluding hydrogens is 479 g/mol. The molecule has 2 aromatic carbocycles.